The monoisotopic (exact) mass is 296 g/mol. The van der Waals surface area contributed by atoms with Crippen molar-refractivity contribution < 1.29 is 13.2 Å². The molecule has 0 amide bonds. The zero-order valence-corrected chi connectivity index (χ0v) is 12.2. The van der Waals surface area contributed by atoms with Crippen LogP contribution in [0.3, 0.4) is 0 Å². The minimum absolute atomic E-state index is 0. The van der Waals surface area contributed by atoms with Crippen LogP contribution in [0.1, 0.15) is 19.4 Å². The third kappa shape index (κ3) is 5.38. The smallest absolute Gasteiger partial charge is 0.161 e. The van der Waals surface area contributed by atoms with Gasteiger partial charge in [0.15, 0.2) is 11.6 Å². The molecular weight excluding hydrogens is 277 g/mol. The Balaban J connectivity index is 0.00000324. The summed E-state index contributed by atoms with van der Waals surface area (Å²) in [5.74, 6) is -2.93. The summed E-state index contributed by atoms with van der Waals surface area (Å²) in [6.45, 7) is 5.34. The minimum atomic E-state index is -1.17. The molecule has 110 valence electrons. The first-order valence-electron chi connectivity index (χ1n) is 5.77. The maximum Gasteiger partial charge on any atom is 0.161 e. The van der Waals surface area contributed by atoms with Crippen LogP contribution in [0.5, 0.6) is 0 Å². The predicted octanol–water partition coefficient (Wildman–Crippen LogP) is 2.94. The van der Waals surface area contributed by atoms with Crippen molar-refractivity contribution in [3.05, 3.63) is 35.1 Å². The number of hydrogen-bond donors (Lipinski definition) is 1. The van der Waals surface area contributed by atoms with E-state index in [1.54, 1.807) is 7.05 Å². The topological polar surface area (TPSA) is 29.3 Å². The Bertz CT molecular complexity index is 425. The van der Waals surface area contributed by atoms with Crippen molar-refractivity contribution in [2.75, 3.05) is 20.1 Å². The van der Waals surface area contributed by atoms with E-state index < -0.39 is 17.5 Å². The second-order valence-electron chi connectivity index (χ2n) is 5.40. The Morgan fingerprint density at radius 3 is 2.16 bits per heavy atom. The first-order chi connectivity index (χ1) is 8.25. The number of benzene rings is 1. The lowest BCUT2D eigenvalue weighted by Crippen LogP contribution is -2.36. The average molecular weight is 297 g/mol. The van der Waals surface area contributed by atoms with E-state index in [1.807, 2.05) is 18.7 Å². The summed E-state index contributed by atoms with van der Waals surface area (Å²) in [6.07, 6.45) is 0. The predicted molar refractivity (Wildman–Crippen MR) is 72.7 cm³/mol. The highest BCUT2D eigenvalue weighted by atomic mass is 35.5. The molecule has 0 spiro atoms. The van der Waals surface area contributed by atoms with Crippen LogP contribution in [0, 0.1) is 22.9 Å². The quantitative estimate of drug-likeness (QED) is 0.847. The fourth-order valence-corrected chi connectivity index (χ4v) is 1.83. The van der Waals surface area contributed by atoms with Gasteiger partial charge >= 0.3 is 0 Å². The highest BCUT2D eigenvalue weighted by Crippen LogP contribution is 2.18. The molecule has 0 atom stereocenters. The molecule has 0 radical (unpaired) electrons. The lowest BCUT2D eigenvalue weighted by molar-refractivity contribution is 0.207. The summed E-state index contributed by atoms with van der Waals surface area (Å²) in [5.41, 5.74) is 5.65. The van der Waals surface area contributed by atoms with E-state index in [0.717, 1.165) is 6.07 Å². The van der Waals surface area contributed by atoms with Crippen molar-refractivity contribution in [1.82, 2.24) is 4.90 Å². The fraction of sp³-hybridized carbons (Fsp3) is 0.538. The molecule has 0 aliphatic carbocycles. The van der Waals surface area contributed by atoms with Crippen LogP contribution < -0.4 is 5.73 Å². The Morgan fingerprint density at radius 2 is 1.63 bits per heavy atom. The number of rotatable bonds is 5. The first-order valence-corrected chi connectivity index (χ1v) is 5.77. The van der Waals surface area contributed by atoms with Crippen LogP contribution in [-0.2, 0) is 6.54 Å². The molecule has 19 heavy (non-hydrogen) atoms. The molecule has 6 heteroatoms. The number of hydrogen-bond acceptors (Lipinski definition) is 2. The molecule has 0 bridgehead atoms. The van der Waals surface area contributed by atoms with E-state index in [2.05, 4.69) is 0 Å². The van der Waals surface area contributed by atoms with Crippen LogP contribution in [0.25, 0.3) is 0 Å². The van der Waals surface area contributed by atoms with Crippen LogP contribution in [0.2, 0.25) is 0 Å². The Labute approximate surface area is 118 Å². The SMILES string of the molecule is CN(Cc1cc(F)c(F)cc1F)CC(C)(C)CN.Cl. The highest BCUT2D eigenvalue weighted by Gasteiger charge is 2.19. The van der Waals surface area contributed by atoms with Crippen LogP contribution in [0.4, 0.5) is 13.2 Å². The molecule has 0 fully saturated rings. The van der Waals surface area contributed by atoms with E-state index in [1.165, 1.54) is 0 Å². The minimum Gasteiger partial charge on any atom is -0.330 e. The Hall–Kier alpha value is -0.780. The number of nitrogens with two attached hydrogens (primary N) is 1. The van der Waals surface area contributed by atoms with Crippen molar-refractivity contribution in [2.45, 2.75) is 20.4 Å². The second-order valence-corrected chi connectivity index (χ2v) is 5.40. The average Bonchev–Trinajstić information content (AvgIpc) is 2.25. The van der Waals surface area contributed by atoms with Gasteiger partial charge in [0.25, 0.3) is 0 Å². The van der Waals surface area contributed by atoms with Gasteiger partial charge in [0, 0.05) is 24.7 Å². The first kappa shape index (κ1) is 18.2. The number of nitrogens with zero attached hydrogens (tertiary/aromatic N) is 1. The molecule has 0 aliphatic rings. The van der Waals surface area contributed by atoms with Gasteiger partial charge in [-0.15, -0.1) is 12.4 Å². The van der Waals surface area contributed by atoms with E-state index in [0.29, 0.717) is 19.2 Å². The Morgan fingerprint density at radius 1 is 1.11 bits per heavy atom. The Kier molecular flexibility index (Phi) is 6.83. The molecule has 1 rings (SSSR count). The molecule has 0 aromatic heterocycles. The molecule has 2 nitrogen and oxygen atoms in total. The van der Waals surface area contributed by atoms with Crippen LogP contribution >= 0.6 is 12.4 Å². The summed E-state index contributed by atoms with van der Waals surface area (Å²) in [5, 5.41) is 0. The third-order valence-corrected chi connectivity index (χ3v) is 2.78. The van der Waals surface area contributed by atoms with Crippen molar-refractivity contribution in [3.63, 3.8) is 0 Å². The molecule has 1 aromatic carbocycles. The zero-order valence-electron chi connectivity index (χ0n) is 11.3. The lowest BCUT2D eigenvalue weighted by atomic mass is 9.93. The van der Waals surface area contributed by atoms with E-state index in [9.17, 15) is 13.2 Å². The molecule has 0 unspecified atom stereocenters. The molecule has 0 saturated carbocycles. The molecule has 1 aromatic rings. The van der Waals surface area contributed by atoms with Gasteiger partial charge in [0.05, 0.1) is 0 Å². The van der Waals surface area contributed by atoms with Crippen LogP contribution in [-0.4, -0.2) is 25.0 Å². The zero-order chi connectivity index (χ0) is 13.9. The largest absolute Gasteiger partial charge is 0.330 e. The summed E-state index contributed by atoms with van der Waals surface area (Å²) >= 11 is 0. The van der Waals surface area contributed by atoms with E-state index >= 15 is 0 Å². The number of halogens is 4. The van der Waals surface area contributed by atoms with Gasteiger partial charge in [-0.3, -0.25) is 0 Å². The van der Waals surface area contributed by atoms with Gasteiger partial charge < -0.3 is 10.6 Å². The van der Waals surface area contributed by atoms with E-state index in [-0.39, 0.29) is 29.9 Å². The maximum absolute atomic E-state index is 13.4. The summed E-state index contributed by atoms with van der Waals surface area (Å²) in [4.78, 5) is 1.84. The fourth-order valence-electron chi connectivity index (χ4n) is 1.83. The molecule has 0 heterocycles. The van der Waals surface area contributed by atoms with Crippen molar-refractivity contribution >= 4 is 12.4 Å². The van der Waals surface area contributed by atoms with Gasteiger partial charge in [-0.05, 0) is 25.1 Å². The van der Waals surface area contributed by atoms with Gasteiger partial charge in [0.2, 0.25) is 0 Å². The summed E-state index contributed by atoms with van der Waals surface area (Å²) in [6, 6.07) is 1.48. The second kappa shape index (κ2) is 7.12. The van der Waals surface area contributed by atoms with Gasteiger partial charge in [0.1, 0.15) is 5.82 Å². The molecule has 0 saturated heterocycles. The van der Waals surface area contributed by atoms with Gasteiger partial charge in [-0.25, -0.2) is 13.2 Å². The maximum atomic E-state index is 13.4. The lowest BCUT2D eigenvalue weighted by Gasteiger charge is -2.29. The summed E-state index contributed by atoms with van der Waals surface area (Å²) < 4.78 is 39.3. The standard InChI is InChI=1S/C13H19F3N2.ClH/c1-13(2,7-17)8-18(3)6-9-4-11(15)12(16)5-10(9)14;/h4-5H,6-8,17H2,1-3H3;1H. The van der Waals surface area contributed by atoms with Crippen molar-refractivity contribution in [1.29, 1.82) is 0 Å². The molecular formula is C13H20ClF3N2. The highest BCUT2D eigenvalue weighted by molar-refractivity contribution is 5.85. The molecule has 0 aliphatic heterocycles. The van der Waals surface area contributed by atoms with Crippen molar-refractivity contribution in [3.8, 4) is 0 Å². The van der Waals surface area contributed by atoms with Gasteiger partial charge in [-0.1, -0.05) is 13.8 Å². The third-order valence-electron chi connectivity index (χ3n) is 2.78. The van der Waals surface area contributed by atoms with Crippen LogP contribution in [0.15, 0.2) is 12.1 Å². The van der Waals surface area contributed by atoms with Gasteiger partial charge in [-0.2, -0.15) is 0 Å². The normalized spacial score (nSPS) is 11.6. The summed E-state index contributed by atoms with van der Waals surface area (Å²) in [7, 11) is 1.79. The van der Waals surface area contributed by atoms with Crippen molar-refractivity contribution in [2.24, 2.45) is 11.1 Å². The van der Waals surface area contributed by atoms with E-state index in [4.69, 9.17) is 5.73 Å². The molecule has 2 N–H and O–H groups in total.